The molecule has 4 fully saturated rings. The van der Waals surface area contributed by atoms with Crippen LogP contribution in [0.5, 0.6) is 0 Å². The number of aromatic nitrogens is 2. The first-order chi connectivity index (χ1) is 25.2. The normalized spacial score (nSPS) is 21.4. The first kappa shape index (κ1) is 38.5. The SMILES string of the molecule is CC(C)N1CCN(C(=O)C(C(=O)C(C(=O)N2CCN(C(C)C)CC2)c2ccc(CN3CCCCC3)cn2)c2ccc(CN3CCCCC3)cn2)CC1. The minimum atomic E-state index is -1.20. The summed E-state index contributed by atoms with van der Waals surface area (Å²) >= 11 is 0. The number of hydrogen-bond acceptors (Lipinski definition) is 9. The molecular weight excluding hydrogens is 653 g/mol. The Morgan fingerprint density at radius 1 is 0.519 bits per heavy atom. The van der Waals surface area contributed by atoms with Gasteiger partial charge in [0.2, 0.25) is 11.8 Å². The van der Waals surface area contributed by atoms with E-state index in [1.54, 1.807) is 0 Å². The van der Waals surface area contributed by atoms with Gasteiger partial charge in [-0.15, -0.1) is 0 Å². The van der Waals surface area contributed by atoms with Crippen molar-refractivity contribution in [3.05, 3.63) is 59.2 Å². The summed E-state index contributed by atoms with van der Waals surface area (Å²) in [6.07, 6.45) is 11.0. The molecule has 0 aromatic carbocycles. The Morgan fingerprint density at radius 2 is 0.885 bits per heavy atom. The van der Waals surface area contributed by atoms with Crippen LogP contribution in [0.25, 0.3) is 0 Å². The van der Waals surface area contributed by atoms with Crippen LogP contribution < -0.4 is 0 Å². The fourth-order valence-electron chi connectivity index (χ4n) is 8.39. The molecule has 4 aliphatic heterocycles. The lowest BCUT2D eigenvalue weighted by atomic mass is 9.85. The third kappa shape index (κ3) is 9.64. The fourth-order valence-corrected chi connectivity index (χ4v) is 8.39. The molecule has 2 aromatic heterocycles. The number of rotatable bonds is 12. The smallest absolute Gasteiger partial charge is 0.239 e. The molecule has 4 saturated heterocycles. The molecule has 0 saturated carbocycles. The van der Waals surface area contributed by atoms with E-state index in [1.165, 1.54) is 38.5 Å². The molecule has 2 aromatic rings. The number of hydrogen-bond donors (Lipinski definition) is 0. The van der Waals surface area contributed by atoms with Crippen molar-refractivity contribution < 1.29 is 14.4 Å². The minimum Gasteiger partial charge on any atom is -0.339 e. The van der Waals surface area contributed by atoms with Crippen molar-refractivity contribution in [2.45, 2.75) is 103 Å². The Balaban J connectivity index is 1.30. The van der Waals surface area contributed by atoms with E-state index in [-0.39, 0.29) is 11.8 Å². The molecule has 0 radical (unpaired) electrons. The van der Waals surface area contributed by atoms with E-state index < -0.39 is 17.6 Å². The summed E-state index contributed by atoms with van der Waals surface area (Å²) in [5.41, 5.74) is 2.95. The van der Waals surface area contributed by atoms with Gasteiger partial charge in [-0.3, -0.25) is 44.0 Å². The molecule has 0 spiro atoms. The predicted molar refractivity (Wildman–Crippen MR) is 204 cm³/mol. The van der Waals surface area contributed by atoms with E-state index in [1.807, 2.05) is 46.5 Å². The highest BCUT2D eigenvalue weighted by atomic mass is 16.2. The van der Waals surface area contributed by atoms with Crippen LogP contribution >= 0.6 is 0 Å². The van der Waals surface area contributed by atoms with E-state index in [4.69, 9.17) is 9.97 Å². The molecule has 6 rings (SSSR count). The molecule has 6 heterocycles. The van der Waals surface area contributed by atoms with Gasteiger partial charge in [0.15, 0.2) is 5.78 Å². The van der Waals surface area contributed by atoms with Gasteiger partial charge in [0.25, 0.3) is 0 Å². The highest BCUT2D eigenvalue weighted by Gasteiger charge is 2.44. The number of nitrogens with zero attached hydrogens (tertiary/aromatic N) is 8. The number of likely N-dealkylation sites (tertiary alicyclic amines) is 2. The zero-order chi connectivity index (χ0) is 36.6. The number of piperidine rings is 2. The van der Waals surface area contributed by atoms with Crippen molar-refractivity contribution in [1.29, 1.82) is 0 Å². The molecule has 0 N–H and O–H groups in total. The fraction of sp³-hybridized carbons (Fsp3) is 0.683. The maximum absolute atomic E-state index is 15.1. The lowest BCUT2D eigenvalue weighted by Gasteiger charge is -2.39. The van der Waals surface area contributed by atoms with Crippen LogP contribution in [0.15, 0.2) is 36.7 Å². The van der Waals surface area contributed by atoms with Crippen molar-refractivity contribution in [2.75, 3.05) is 78.5 Å². The number of carbonyl (C=O) groups is 3. The first-order valence-electron chi connectivity index (χ1n) is 20.1. The monoisotopic (exact) mass is 714 g/mol. The van der Waals surface area contributed by atoms with Crippen LogP contribution in [0, 0.1) is 0 Å². The predicted octanol–water partition coefficient (Wildman–Crippen LogP) is 3.99. The molecule has 2 unspecified atom stereocenters. The van der Waals surface area contributed by atoms with E-state index in [0.717, 1.165) is 76.6 Å². The molecule has 52 heavy (non-hydrogen) atoms. The van der Waals surface area contributed by atoms with Gasteiger partial charge in [0.05, 0.1) is 11.4 Å². The van der Waals surface area contributed by atoms with E-state index in [9.17, 15) is 9.59 Å². The van der Waals surface area contributed by atoms with E-state index in [0.29, 0.717) is 49.7 Å². The number of pyridine rings is 2. The molecule has 11 nitrogen and oxygen atoms in total. The third-order valence-electron chi connectivity index (χ3n) is 11.8. The number of piperazine rings is 2. The van der Waals surface area contributed by atoms with Crippen LogP contribution in [0.3, 0.4) is 0 Å². The second-order valence-electron chi connectivity index (χ2n) is 16.0. The Morgan fingerprint density at radius 3 is 1.19 bits per heavy atom. The Hall–Kier alpha value is -3.25. The van der Waals surface area contributed by atoms with Gasteiger partial charge >= 0.3 is 0 Å². The molecule has 284 valence electrons. The molecule has 0 bridgehead atoms. The van der Waals surface area contributed by atoms with E-state index in [2.05, 4.69) is 47.3 Å². The third-order valence-corrected chi connectivity index (χ3v) is 11.8. The summed E-state index contributed by atoms with van der Waals surface area (Å²) in [7, 11) is 0. The first-order valence-corrected chi connectivity index (χ1v) is 20.1. The van der Waals surface area contributed by atoms with Gasteiger partial charge in [0.1, 0.15) is 11.8 Å². The quantitative estimate of drug-likeness (QED) is 0.303. The largest absolute Gasteiger partial charge is 0.339 e. The van der Waals surface area contributed by atoms with Gasteiger partial charge in [-0.1, -0.05) is 25.0 Å². The summed E-state index contributed by atoms with van der Waals surface area (Å²) in [5.74, 6) is -3.37. The standard InChI is InChI=1S/C41H62N8O3/c1-31(2)46-19-23-48(24-20-46)40(51)37(35-13-11-33(27-42-35)29-44-15-7-5-8-16-44)39(50)38(41(52)49-25-21-47(22-26-49)32(3)4)36-14-12-34(28-43-36)30-45-17-9-6-10-18-45/h11-14,27-28,31-32,37-38H,5-10,15-26,29-30H2,1-4H3. The second-order valence-corrected chi connectivity index (χ2v) is 16.0. The zero-order valence-electron chi connectivity index (χ0n) is 32.2. The highest BCUT2D eigenvalue weighted by Crippen LogP contribution is 2.30. The molecule has 2 amide bonds. The van der Waals surface area contributed by atoms with Crippen LogP contribution in [-0.2, 0) is 27.5 Å². The molecule has 11 heteroatoms. The average Bonchev–Trinajstić information content (AvgIpc) is 3.17. The average molecular weight is 715 g/mol. The summed E-state index contributed by atoms with van der Waals surface area (Å²) in [5, 5.41) is 0. The van der Waals surface area contributed by atoms with E-state index >= 15 is 4.79 Å². The Labute approximate surface area is 311 Å². The second kappa shape index (κ2) is 18.2. The topological polar surface area (TPSA) is 96.4 Å². The summed E-state index contributed by atoms with van der Waals surface area (Å²) in [6, 6.07) is 8.48. The maximum atomic E-state index is 15.1. The van der Waals surface area contributed by atoms with Gasteiger partial charge in [-0.25, -0.2) is 0 Å². The summed E-state index contributed by atoms with van der Waals surface area (Å²) in [6.45, 7) is 19.7. The highest BCUT2D eigenvalue weighted by molar-refractivity contribution is 6.17. The number of amides is 2. The zero-order valence-corrected chi connectivity index (χ0v) is 32.2. The van der Waals surface area contributed by atoms with Crippen LogP contribution in [0.1, 0.15) is 101 Å². The van der Waals surface area contributed by atoms with Crippen molar-refractivity contribution in [2.24, 2.45) is 0 Å². The lowest BCUT2D eigenvalue weighted by molar-refractivity contribution is -0.143. The minimum absolute atomic E-state index is 0.270. The summed E-state index contributed by atoms with van der Waals surface area (Å²) < 4.78 is 0. The van der Waals surface area contributed by atoms with Crippen molar-refractivity contribution >= 4 is 17.6 Å². The Bertz CT molecular complexity index is 1340. The summed E-state index contributed by atoms with van der Waals surface area (Å²) in [4.78, 5) is 67.2. The van der Waals surface area contributed by atoms with Crippen LogP contribution in [-0.4, -0.2) is 148 Å². The molecule has 4 aliphatic rings. The number of Topliss-reactive ketones (excluding diaryl/α,β-unsaturated/α-hetero) is 1. The van der Waals surface area contributed by atoms with Gasteiger partial charge in [0, 0.05) is 89.9 Å². The van der Waals surface area contributed by atoms with Gasteiger partial charge < -0.3 is 9.80 Å². The van der Waals surface area contributed by atoms with Crippen LogP contribution in [0.4, 0.5) is 0 Å². The maximum Gasteiger partial charge on any atom is 0.239 e. The van der Waals surface area contributed by atoms with Crippen molar-refractivity contribution in [1.82, 2.24) is 39.4 Å². The van der Waals surface area contributed by atoms with Crippen LogP contribution in [0.2, 0.25) is 0 Å². The van der Waals surface area contributed by atoms with Crippen molar-refractivity contribution in [3.63, 3.8) is 0 Å². The van der Waals surface area contributed by atoms with Gasteiger partial charge in [-0.05, 0) is 103 Å². The lowest BCUT2D eigenvalue weighted by Crippen LogP contribution is -2.54. The van der Waals surface area contributed by atoms with Crippen molar-refractivity contribution in [3.8, 4) is 0 Å². The molecule has 2 atom stereocenters. The molecular formula is C41H62N8O3. The number of ketones is 1. The molecule has 0 aliphatic carbocycles. The Kier molecular flexibility index (Phi) is 13.5. The van der Waals surface area contributed by atoms with Gasteiger partial charge in [-0.2, -0.15) is 0 Å². The number of carbonyl (C=O) groups excluding carboxylic acids is 3.